The molecule has 2 aromatic rings. The number of hydrogen-bond donors (Lipinski definition) is 2. The monoisotopic (exact) mass is 257 g/mol. The molecular weight excluding hydrogens is 242 g/mol. The highest BCUT2D eigenvalue weighted by atomic mass is 16.2. The SMILES string of the molecule is CC(C(=O)Nc1ccc(N)cc1)n1ccc(=O)cc1. The van der Waals surface area contributed by atoms with Crippen LogP contribution in [-0.4, -0.2) is 10.5 Å². The number of carbonyl (C=O) groups excluding carboxylic acids is 1. The van der Waals surface area contributed by atoms with Gasteiger partial charge in [0.2, 0.25) is 5.91 Å². The summed E-state index contributed by atoms with van der Waals surface area (Å²) in [6.45, 7) is 1.76. The van der Waals surface area contributed by atoms with Crippen molar-refractivity contribution in [2.24, 2.45) is 0 Å². The second-order valence-corrected chi connectivity index (χ2v) is 4.27. The smallest absolute Gasteiger partial charge is 0.247 e. The third-order valence-electron chi connectivity index (χ3n) is 2.83. The summed E-state index contributed by atoms with van der Waals surface area (Å²) < 4.78 is 1.67. The Hall–Kier alpha value is -2.56. The number of anilines is 2. The van der Waals surface area contributed by atoms with Crippen LogP contribution >= 0.6 is 0 Å². The third-order valence-corrected chi connectivity index (χ3v) is 2.83. The van der Waals surface area contributed by atoms with Gasteiger partial charge in [0.25, 0.3) is 0 Å². The molecule has 3 N–H and O–H groups in total. The Morgan fingerprint density at radius 2 is 1.74 bits per heavy atom. The molecule has 0 aliphatic carbocycles. The van der Waals surface area contributed by atoms with Crippen LogP contribution in [0.25, 0.3) is 0 Å². The molecule has 0 spiro atoms. The normalized spacial score (nSPS) is 11.8. The van der Waals surface area contributed by atoms with Gasteiger partial charge in [0.15, 0.2) is 5.43 Å². The first-order valence-electron chi connectivity index (χ1n) is 5.90. The molecule has 1 aromatic heterocycles. The number of amides is 1. The number of hydrogen-bond acceptors (Lipinski definition) is 3. The number of nitrogens with one attached hydrogen (secondary N) is 1. The molecule has 0 aliphatic rings. The molecule has 2 rings (SSSR count). The van der Waals surface area contributed by atoms with Crippen LogP contribution in [0.15, 0.2) is 53.6 Å². The average molecular weight is 257 g/mol. The highest BCUT2D eigenvalue weighted by Crippen LogP contribution is 2.13. The van der Waals surface area contributed by atoms with Crippen molar-refractivity contribution in [1.82, 2.24) is 4.57 Å². The van der Waals surface area contributed by atoms with Gasteiger partial charge in [-0.05, 0) is 31.2 Å². The molecule has 1 heterocycles. The minimum atomic E-state index is -0.404. The van der Waals surface area contributed by atoms with Gasteiger partial charge in [-0.15, -0.1) is 0 Å². The molecule has 98 valence electrons. The summed E-state index contributed by atoms with van der Waals surface area (Å²) in [4.78, 5) is 23.1. The Morgan fingerprint density at radius 1 is 1.16 bits per heavy atom. The number of pyridine rings is 1. The topological polar surface area (TPSA) is 77.1 Å². The van der Waals surface area contributed by atoms with Gasteiger partial charge >= 0.3 is 0 Å². The van der Waals surface area contributed by atoms with E-state index in [1.807, 2.05) is 0 Å². The van der Waals surface area contributed by atoms with E-state index in [-0.39, 0.29) is 11.3 Å². The summed E-state index contributed by atoms with van der Waals surface area (Å²) >= 11 is 0. The highest BCUT2D eigenvalue weighted by Gasteiger charge is 2.13. The van der Waals surface area contributed by atoms with E-state index < -0.39 is 6.04 Å². The number of rotatable bonds is 3. The molecule has 0 aliphatic heterocycles. The minimum absolute atomic E-state index is 0.0811. The van der Waals surface area contributed by atoms with Crippen LogP contribution in [-0.2, 0) is 4.79 Å². The van der Waals surface area contributed by atoms with Crippen LogP contribution in [0, 0.1) is 0 Å². The summed E-state index contributed by atoms with van der Waals surface area (Å²) in [5, 5.41) is 2.79. The van der Waals surface area contributed by atoms with E-state index in [4.69, 9.17) is 5.73 Å². The van der Waals surface area contributed by atoms with Gasteiger partial charge in [0, 0.05) is 35.9 Å². The molecular formula is C14H15N3O2. The first-order valence-corrected chi connectivity index (χ1v) is 5.90. The highest BCUT2D eigenvalue weighted by molar-refractivity contribution is 5.93. The maximum absolute atomic E-state index is 12.0. The van der Waals surface area contributed by atoms with Gasteiger partial charge in [-0.2, -0.15) is 0 Å². The summed E-state index contributed by atoms with van der Waals surface area (Å²) in [6, 6.07) is 9.37. The van der Waals surface area contributed by atoms with Crippen molar-refractivity contribution < 1.29 is 4.79 Å². The molecule has 1 amide bonds. The largest absolute Gasteiger partial charge is 0.399 e. The van der Waals surface area contributed by atoms with E-state index in [1.165, 1.54) is 12.1 Å². The lowest BCUT2D eigenvalue weighted by Crippen LogP contribution is -2.24. The van der Waals surface area contributed by atoms with E-state index in [0.29, 0.717) is 11.4 Å². The van der Waals surface area contributed by atoms with Crippen LogP contribution in [0.5, 0.6) is 0 Å². The van der Waals surface area contributed by atoms with Gasteiger partial charge in [-0.3, -0.25) is 9.59 Å². The second kappa shape index (κ2) is 5.39. The number of benzene rings is 1. The lowest BCUT2D eigenvalue weighted by atomic mass is 10.2. The number of nitrogen functional groups attached to an aromatic ring is 1. The van der Waals surface area contributed by atoms with Gasteiger partial charge in [0.05, 0.1) is 0 Å². The van der Waals surface area contributed by atoms with Crippen LogP contribution in [0.3, 0.4) is 0 Å². The predicted octanol–water partition coefficient (Wildman–Crippen LogP) is 1.63. The van der Waals surface area contributed by atoms with Crippen LogP contribution in [0.2, 0.25) is 0 Å². The van der Waals surface area contributed by atoms with Crippen LogP contribution in [0.4, 0.5) is 11.4 Å². The molecule has 1 atom stereocenters. The van der Waals surface area contributed by atoms with E-state index in [2.05, 4.69) is 5.32 Å². The van der Waals surface area contributed by atoms with E-state index in [1.54, 1.807) is 48.1 Å². The van der Waals surface area contributed by atoms with Crippen molar-refractivity contribution in [3.63, 3.8) is 0 Å². The fraction of sp³-hybridized carbons (Fsp3) is 0.143. The number of nitrogens with two attached hydrogens (primary N) is 1. The molecule has 1 aromatic carbocycles. The number of carbonyl (C=O) groups is 1. The predicted molar refractivity (Wildman–Crippen MR) is 74.9 cm³/mol. The Labute approximate surface area is 110 Å². The Morgan fingerprint density at radius 3 is 2.32 bits per heavy atom. The zero-order valence-electron chi connectivity index (χ0n) is 10.5. The van der Waals surface area contributed by atoms with Gasteiger partial charge in [0.1, 0.15) is 6.04 Å². The average Bonchev–Trinajstić information content (AvgIpc) is 2.41. The van der Waals surface area contributed by atoms with Gasteiger partial charge in [-0.1, -0.05) is 0 Å². The van der Waals surface area contributed by atoms with Gasteiger partial charge in [-0.25, -0.2) is 0 Å². The first kappa shape index (κ1) is 12.9. The maximum atomic E-state index is 12.0. The van der Waals surface area contributed by atoms with Crippen molar-refractivity contribution >= 4 is 17.3 Å². The molecule has 0 saturated carbocycles. The fourth-order valence-electron chi connectivity index (χ4n) is 1.63. The summed E-state index contributed by atoms with van der Waals surface area (Å²) in [5.41, 5.74) is 6.83. The number of nitrogens with zero attached hydrogens (tertiary/aromatic N) is 1. The Bertz CT molecular complexity index is 611. The van der Waals surface area contributed by atoms with Crippen molar-refractivity contribution in [3.05, 3.63) is 59.0 Å². The van der Waals surface area contributed by atoms with Crippen molar-refractivity contribution in [2.45, 2.75) is 13.0 Å². The zero-order chi connectivity index (χ0) is 13.8. The van der Waals surface area contributed by atoms with E-state index in [9.17, 15) is 9.59 Å². The molecule has 0 saturated heterocycles. The molecule has 5 heteroatoms. The van der Waals surface area contributed by atoms with E-state index >= 15 is 0 Å². The lowest BCUT2D eigenvalue weighted by Gasteiger charge is -2.15. The van der Waals surface area contributed by atoms with Crippen LogP contribution < -0.4 is 16.5 Å². The zero-order valence-corrected chi connectivity index (χ0v) is 10.5. The van der Waals surface area contributed by atoms with Crippen molar-refractivity contribution in [3.8, 4) is 0 Å². The van der Waals surface area contributed by atoms with Crippen LogP contribution in [0.1, 0.15) is 13.0 Å². The molecule has 5 nitrogen and oxygen atoms in total. The maximum Gasteiger partial charge on any atom is 0.247 e. The molecule has 1 unspecified atom stereocenters. The second-order valence-electron chi connectivity index (χ2n) is 4.27. The van der Waals surface area contributed by atoms with E-state index in [0.717, 1.165) is 0 Å². The molecule has 0 fully saturated rings. The number of aromatic nitrogens is 1. The molecule has 19 heavy (non-hydrogen) atoms. The standard InChI is InChI=1S/C14H15N3O2/c1-10(17-8-6-13(18)7-9-17)14(19)16-12-4-2-11(15)3-5-12/h2-10H,15H2,1H3,(H,16,19). The fourth-order valence-corrected chi connectivity index (χ4v) is 1.63. The Kier molecular flexibility index (Phi) is 3.66. The van der Waals surface area contributed by atoms with Crippen molar-refractivity contribution in [2.75, 3.05) is 11.1 Å². The summed E-state index contributed by atoms with van der Waals surface area (Å²) in [6.07, 6.45) is 3.19. The van der Waals surface area contributed by atoms with Crippen molar-refractivity contribution in [1.29, 1.82) is 0 Å². The molecule has 0 radical (unpaired) electrons. The first-order chi connectivity index (χ1) is 9.06. The minimum Gasteiger partial charge on any atom is -0.399 e. The lowest BCUT2D eigenvalue weighted by molar-refractivity contribution is -0.118. The quantitative estimate of drug-likeness (QED) is 0.820. The third kappa shape index (κ3) is 3.22. The van der Waals surface area contributed by atoms with Gasteiger partial charge < -0.3 is 15.6 Å². The summed E-state index contributed by atoms with van der Waals surface area (Å²) in [7, 11) is 0. The Balaban J connectivity index is 2.09. The molecule has 0 bridgehead atoms. The summed E-state index contributed by atoms with van der Waals surface area (Å²) in [5.74, 6) is -0.159.